The predicted molar refractivity (Wildman–Crippen MR) is 139 cm³/mol. The van der Waals surface area contributed by atoms with Crippen LogP contribution in [-0.4, -0.2) is 11.6 Å². The summed E-state index contributed by atoms with van der Waals surface area (Å²) in [7, 11) is 0. The Morgan fingerprint density at radius 2 is 1.03 bits per heavy atom. The maximum absolute atomic E-state index is 12.4. The van der Waals surface area contributed by atoms with Crippen molar-refractivity contribution in [3.63, 3.8) is 0 Å². The van der Waals surface area contributed by atoms with Crippen molar-refractivity contribution in [3.05, 3.63) is 35.4 Å². The summed E-state index contributed by atoms with van der Waals surface area (Å²) in [6, 6.07) is 7.74. The van der Waals surface area contributed by atoms with Crippen LogP contribution in [0.3, 0.4) is 0 Å². The molecule has 0 bridgehead atoms. The van der Waals surface area contributed by atoms with Gasteiger partial charge in [0.15, 0.2) is 5.78 Å². The molecule has 0 heterocycles. The van der Waals surface area contributed by atoms with Gasteiger partial charge in [0.2, 0.25) is 0 Å². The predicted octanol–water partition coefficient (Wildman–Crippen LogP) is 9.39. The van der Waals surface area contributed by atoms with E-state index >= 15 is 0 Å². The zero-order valence-corrected chi connectivity index (χ0v) is 21.6. The summed E-state index contributed by atoms with van der Waals surface area (Å²) in [6.07, 6.45) is 20.4. The first-order valence-electron chi connectivity index (χ1n) is 13.5. The molecule has 0 atom stereocenters. The zero-order valence-electron chi connectivity index (χ0n) is 21.6. The van der Waals surface area contributed by atoms with E-state index in [4.69, 9.17) is 0 Å². The quantitative estimate of drug-likeness (QED) is 0.121. The molecule has 0 fully saturated rings. The Bertz CT molecular complexity index is 621. The van der Waals surface area contributed by atoms with Gasteiger partial charge in [-0.2, -0.15) is 0 Å². The van der Waals surface area contributed by atoms with Gasteiger partial charge in [0.1, 0.15) is 5.78 Å². The van der Waals surface area contributed by atoms with Crippen molar-refractivity contribution < 1.29 is 9.59 Å². The second-order valence-electron chi connectivity index (χ2n) is 10.7. The van der Waals surface area contributed by atoms with Gasteiger partial charge < -0.3 is 0 Å². The molecule has 0 saturated heterocycles. The van der Waals surface area contributed by atoms with Gasteiger partial charge in [-0.3, -0.25) is 9.59 Å². The summed E-state index contributed by atoms with van der Waals surface area (Å²) in [4.78, 5) is 24.5. The fourth-order valence-electron chi connectivity index (χ4n) is 4.22. The van der Waals surface area contributed by atoms with Crippen LogP contribution in [0.25, 0.3) is 0 Å². The van der Waals surface area contributed by atoms with E-state index in [-0.39, 0.29) is 23.4 Å². The highest BCUT2D eigenvalue weighted by Gasteiger charge is 2.15. The molecule has 0 unspecified atom stereocenters. The van der Waals surface area contributed by atoms with Crippen molar-refractivity contribution in [2.75, 3.05) is 0 Å². The van der Waals surface area contributed by atoms with Gasteiger partial charge in [-0.15, -0.1) is 0 Å². The Morgan fingerprint density at radius 1 is 0.625 bits per heavy atom. The third-order valence-corrected chi connectivity index (χ3v) is 6.49. The van der Waals surface area contributed by atoms with E-state index in [1.165, 1.54) is 89.0 Å². The lowest BCUT2D eigenvalue weighted by Gasteiger charge is -2.18. The molecule has 0 spiro atoms. The number of unbranched alkanes of at least 4 members (excludes halogenated alkanes) is 14. The first-order chi connectivity index (χ1) is 15.3. The molecule has 0 aliphatic rings. The number of Topliss-reactive ketones (excluding diaryl/α,β-unsaturated/α-hetero) is 2. The van der Waals surface area contributed by atoms with E-state index in [0.29, 0.717) is 12.0 Å². The minimum Gasteiger partial charge on any atom is -0.299 e. The smallest absolute Gasteiger partial charge is 0.170 e. The van der Waals surface area contributed by atoms with E-state index < -0.39 is 0 Å². The number of benzene rings is 1. The molecule has 1 aromatic carbocycles. The third kappa shape index (κ3) is 13.9. The molecular weight excluding hydrogens is 392 g/mol. The van der Waals surface area contributed by atoms with E-state index in [9.17, 15) is 9.59 Å². The number of carbonyl (C=O) groups is 2. The van der Waals surface area contributed by atoms with E-state index in [1.54, 1.807) is 0 Å². The van der Waals surface area contributed by atoms with Crippen molar-refractivity contribution in [2.24, 2.45) is 0 Å². The van der Waals surface area contributed by atoms with Gasteiger partial charge in [-0.05, 0) is 17.4 Å². The second kappa shape index (κ2) is 17.1. The number of hydrogen-bond donors (Lipinski definition) is 0. The molecule has 0 saturated carbocycles. The lowest BCUT2D eigenvalue weighted by atomic mass is 9.86. The maximum Gasteiger partial charge on any atom is 0.170 e. The molecule has 0 amide bonds. The highest BCUT2D eigenvalue weighted by Crippen LogP contribution is 2.22. The molecule has 0 N–H and O–H groups in total. The van der Waals surface area contributed by atoms with Gasteiger partial charge in [0, 0.05) is 12.0 Å². The van der Waals surface area contributed by atoms with Gasteiger partial charge in [0.05, 0.1) is 6.42 Å². The second-order valence-corrected chi connectivity index (χ2v) is 10.7. The summed E-state index contributed by atoms with van der Waals surface area (Å²) >= 11 is 0. The van der Waals surface area contributed by atoms with E-state index in [0.717, 1.165) is 12.8 Å². The fraction of sp³-hybridized carbons (Fsp3) is 0.733. The lowest BCUT2D eigenvalue weighted by molar-refractivity contribution is -0.118. The molecule has 2 nitrogen and oxygen atoms in total. The normalized spacial score (nSPS) is 11.6. The van der Waals surface area contributed by atoms with Gasteiger partial charge in [-0.1, -0.05) is 142 Å². The Kier molecular flexibility index (Phi) is 15.3. The van der Waals surface area contributed by atoms with E-state index in [1.807, 2.05) is 24.3 Å². The van der Waals surface area contributed by atoms with E-state index in [2.05, 4.69) is 27.7 Å². The van der Waals surface area contributed by atoms with Crippen molar-refractivity contribution >= 4 is 11.6 Å². The highest BCUT2D eigenvalue weighted by atomic mass is 16.1. The third-order valence-electron chi connectivity index (χ3n) is 6.49. The van der Waals surface area contributed by atoms with Crippen LogP contribution in [0.15, 0.2) is 24.3 Å². The molecule has 1 rings (SSSR count). The standard InChI is InChI=1S/C30H50O2/c1-5-6-7-8-9-10-11-12-13-14-15-16-17-18-19-20-28(31)25-29(32)26-21-23-27(24-22-26)30(2,3)4/h21-24H,5-20,25H2,1-4H3. The topological polar surface area (TPSA) is 34.1 Å². The Balaban J connectivity index is 1.98. The average Bonchev–Trinajstić information content (AvgIpc) is 2.76. The minimum absolute atomic E-state index is 0.0450. The monoisotopic (exact) mass is 442 g/mol. The summed E-state index contributed by atoms with van der Waals surface area (Å²) in [5.74, 6) is 0.0426. The van der Waals surface area contributed by atoms with Gasteiger partial charge in [0.25, 0.3) is 0 Å². The van der Waals surface area contributed by atoms with Crippen molar-refractivity contribution in [1.29, 1.82) is 0 Å². The molecule has 2 heteroatoms. The minimum atomic E-state index is -0.0450. The van der Waals surface area contributed by atoms with Gasteiger partial charge in [-0.25, -0.2) is 0 Å². The van der Waals surface area contributed by atoms with Crippen molar-refractivity contribution in [2.45, 2.75) is 142 Å². The lowest BCUT2D eigenvalue weighted by Crippen LogP contribution is -2.12. The molecule has 0 aliphatic carbocycles. The van der Waals surface area contributed by atoms with Crippen molar-refractivity contribution in [3.8, 4) is 0 Å². The van der Waals surface area contributed by atoms with Crippen LogP contribution >= 0.6 is 0 Å². The van der Waals surface area contributed by atoms with Gasteiger partial charge >= 0.3 is 0 Å². The SMILES string of the molecule is CCCCCCCCCCCCCCCCCC(=O)CC(=O)c1ccc(C(C)(C)C)cc1. The summed E-state index contributed by atoms with van der Waals surface area (Å²) < 4.78 is 0. The van der Waals surface area contributed by atoms with Crippen LogP contribution < -0.4 is 0 Å². The first kappa shape index (κ1) is 28.6. The highest BCUT2D eigenvalue weighted by molar-refractivity contribution is 6.07. The molecule has 0 aliphatic heterocycles. The molecular formula is C30H50O2. The number of carbonyl (C=O) groups excluding carboxylic acids is 2. The Hall–Kier alpha value is -1.44. The van der Waals surface area contributed by atoms with Crippen LogP contribution in [0.4, 0.5) is 0 Å². The zero-order chi connectivity index (χ0) is 23.7. The van der Waals surface area contributed by atoms with Crippen LogP contribution in [-0.2, 0) is 10.2 Å². The number of ketones is 2. The van der Waals surface area contributed by atoms with Crippen LogP contribution in [0.5, 0.6) is 0 Å². The molecule has 1 aromatic rings. The first-order valence-corrected chi connectivity index (χ1v) is 13.5. The molecule has 0 aromatic heterocycles. The fourth-order valence-corrected chi connectivity index (χ4v) is 4.22. The molecule has 182 valence electrons. The Morgan fingerprint density at radius 3 is 1.44 bits per heavy atom. The van der Waals surface area contributed by atoms with Crippen LogP contribution in [0.1, 0.15) is 153 Å². The largest absolute Gasteiger partial charge is 0.299 e. The number of hydrogen-bond acceptors (Lipinski definition) is 2. The summed E-state index contributed by atoms with van der Waals surface area (Å²) in [6.45, 7) is 8.75. The van der Waals surface area contributed by atoms with Crippen LogP contribution in [0, 0.1) is 0 Å². The number of rotatable bonds is 19. The summed E-state index contributed by atoms with van der Waals surface area (Å²) in [5, 5.41) is 0. The maximum atomic E-state index is 12.4. The molecule has 0 radical (unpaired) electrons. The average molecular weight is 443 g/mol. The summed E-state index contributed by atoms with van der Waals surface area (Å²) in [5.41, 5.74) is 1.94. The molecule has 32 heavy (non-hydrogen) atoms. The Labute approximate surface area is 199 Å². The van der Waals surface area contributed by atoms with Crippen molar-refractivity contribution in [1.82, 2.24) is 0 Å². The van der Waals surface area contributed by atoms with Crippen LogP contribution in [0.2, 0.25) is 0 Å².